The Hall–Kier alpha value is -2.38. The second-order valence-corrected chi connectivity index (χ2v) is 12.0. The first kappa shape index (κ1) is 41.6. The number of unbranched alkanes of at least 4 members (excludes halogenated alkanes) is 7. The van der Waals surface area contributed by atoms with Crippen LogP contribution >= 0.6 is 0 Å². The summed E-state index contributed by atoms with van der Waals surface area (Å²) in [5.41, 5.74) is 0. The fourth-order valence-electron chi connectivity index (χ4n) is 4.90. The van der Waals surface area contributed by atoms with E-state index in [0.29, 0.717) is 78.4 Å². The third-order valence-corrected chi connectivity index (χ3v) is 7.55. The molecule has 1 saturated heterocycles. The number of nitrogens with one attached hydrogen (secondary N) is 1. The van der Waals surface area contributed by atoms with E-state index in [9.17, 15) is 28.8 Å². The summed E-state index contributed by atoms with van der Waals surface area (Å²) in [6, 6.07) is 0. The molecule has 0 aromatic carbocycles. The Morgan fingerprint density at radius 2 is 1.20 bits per heavy atom. The largest absolute Gasteiger partial charge is 0.379 e. The molecule has 1 heterocycles. The number of likely N-dealkylation sites (tertiary alicyclic amines) is 1. The minimum Gasteiger partial charge on any atom is -0.379 e. The van der Waals surface area contributed by atoms with E-state index in [1.807, 2.05) is 0 Å². The molecule has 1 aliphatic rings. The van der Waals surface area contributed by atoms with Crippen LogP contribution in [0.2, 0.25) is 0 Å². The van der Waals surface area contributed by atoms with Gasteiger partial charge in [0.15, 0.2) is 11.6 Å². The highest BCUT2D eigenvalue weighted by atomic mass is 16.5. The Labute approximate surface area is 275 Å². The second kappa shape index (κ2) is 27.7. The molecular weight excluding hydrogens is 596 g/mol. The zero-order chi connectivity index (χ0) is 33.8. The van der Waals surface area contributed by atoms with Crippen LogP contribution < -0.4 is 5.32 Å². The Morgan fingerprint density at radius 1 is 0.652 bits per heavy atom. The number of nitrogens with zero attached hydrogens (tertiary/aromatic N) is 1. The molecule has 0 bridgehead atoms. The fraction of sp³-hybridized carbons (Fsp3) is 0.824. The molecule has 1 aliphatic heterocycles. The zero-order valence-electron chi connectivity index (χ0n) is 28.3. The summed E-state index contributed by atoms with van der Waals surface area (Å²) < 4.78 is 21.2. The molecule has 1 N–H and O–H groups in total. The maximum Gasteiger partial charge on any atom is 0.232 e. The predicted octanol–water partition coefficient (Wildman–Crippen LogP) is 3.41. The molecular formula is C34H58N2O10. The molecule has 2 amide bonds. The molecule has 46 heavy (non-hydrogen) atoms. The quantitative estimate of drug-likeness (QED) is 0.0818. The van der Waals surface area contributed by atoms with E-state index in [1.54, 1.807) is 6.92 Å². The van der Waals surface area contributed by atoms with E-state index in [1.165, 1.54) is 11.8 Å². The predicted molar refractivity (Wildman–Crippen MR) is 172 cm³/mol. The summed E-state index contributed by atoms with van der Waals surface area (Å²) in [5.74, 6) is -0.281. The van der Waals surface area contributed by atoms with Crippen molar-refractivity contribution in [3.63, 3.8) is 0 Å². The van der Waals surface area contributed by atoms with Crippen LogP contribution in [0.3, 0.4) is 0 Å². The third-order valence-electron chi connectivity index (χ3n) is 7.55. The van der Waals surface area contributed by atoms with E-state index in [4.69, 9.17) is 18.9 Å². The van der Waals surface area contributed by atoms with Crippen LogP contribution in [0.25, 0.3) is 0 Å². The number of rotatable bonds is 33. The van der Waals surface area contributed by atoms with E-state index in [-0.39, 0.29) is 73.5 Å². The van der Waals surface area contributed by atoms with Gasteiger partial charge in [0.2, 0.25) is 11.8 Å². The number of imide groups is 1. The molecule has 0 aromatic rings. The summed E-state index contributed by atoms with van der Waals surface area (Å²) in [6.45, 7) is 6.89. The van der Waals surface area contributed by atoms with Crippen LogP contribution in [0.1, 0.15) is 104 Å². The third kappa shape index (κ3) is 23.0. The van der Waals surface area contributed by atoms with E-state index in [2.05, 4.69) is 5.32 Å². The van der Waals surface area contributed by atoms with Crippen molar-refractivity contribution in [1.29, 1.82) is 0 Å². The number of amides is 2. The molecule has 12 nitrogen and oxygen atoms in total. The molecule has 0 radical (unpaired) electrons. The standard InChI is InChI=1S/C34H58N2O10/c1-28-24-33(41)36(34(28)42)17-15-30(38)12-9-7-5-3-4-6-8-10-13-31(39)25-35-16-19-44-21-23-46-27-32(40)14-11-18-43-20-22-45-26-29(2)37/h28,35H,3-27H2,1-2H3. The normalized spacial score (nSPS) is 14.7. The van der Waals surface area contributed by atoms with Gasteiger partial charge < -0.3 is 24.3 Å². The van der Waals surface area contributed by atoms with Crippen LogP contribution in [0.15, 0.2) is 0 Å². The highest BCUT2D eigenvalue weighted by Crippen LogP contribution is 2.19. The van der Waals surface area contributed by atoms with Gasteiger partial charge in [-0.25, -0.2) is 0 Å². The van der Waals surface area contributed by atoms with Gasteiger partial charge in [0.1, 0.15) is 24.8 Å². The SMILES string of the molecule is CC(=O)COCCOCCCC(=O)COCCOCCNCC(=O)CCCCCCCCCCC(=O)CCN1C(=O)CC(C)C1=O. The topological polar surface area (TPSA) is 155 Å². The molecule has 0 aromatic heterocycles. The molecule has 1 rings (SSSR count). The maximum absolute atomic E-state index is 12.1. The lowest BCUT2D eigenvalue weighted by Crippen LogP contribution is -2.32. The fourth-order valence-corrected chi connectivity index (χ4v) is 4.90. The molecule has 1 unspecified atom stereocenters. The number of Topliss-reactive ketones (excluding diaryl/α,β-unsaturated/α-hetero) is 4. The number of carbonyl (C=O) groups excluding carboxylic acids is 6. The first-order chi connectivity index (χ1) is 22.2. The number of ketones is 4. The van der Waals surface area contributed by atoms with Crippen LogP contribution in [0.5, 0.6) is 0 Å². The van der Waals surface area contributed by atoms with Gasteiger partial charge >= 0.3 is 0 Å². The van der Waals surface area contributed by atoms with Crippen molar-refractivity contribution in [1.82, 2.24) is 10.2 Å². The Kier molecular flexibility index (Phi) is 25.1. The van der Waals surface area contributed by atoms with Gasteiger partial charge in [0, 0.05) is 57.7 Å². The highest BCUT2D eigenvalue weighted by Gasteiger charge is 2.35. The molecule has 0 spiro atoms. The molecule has 1 fully saturated rings. The lowest BCUT2D eigenvalue weighted by Gasteiger charge is -2.13. The molecule has 12 heteroatoms. The van der Waals surface area contributed by atoms with E-state index < -0.39 is 0 Å². The van der Waals surface area contributed by atoms with Crippen molar-refractivity contribution in [3.05, 3.63) is 0 Å². The van der Waals surface area contributed by atoms with Gasteiger partial charge in [-0.1, -0.05) is 45.4 Å². The van der Waals surface area contributed by atoms with Gasteiger partial charge in [-0.15, -0.1) is 0 Å². The maximum atomic E-state index is 12.1. The number of carbonyl (C=O) groups is 6. The second-order valence-electron chi connectivity index (χ2n) is 12.0. The lowest BCUT2D eigenvalue weighted by molar-refractivity contribution is -0.139. The molecule has 0 saturated carbocycles. The zero-order valence-corrected chi connectivity index (χ0v) is 28.3. The van der Waals surface area contributed by atoms with Crippen LogP contribution in [0, 0.1) is 5.92 Å². The highest BCUT2D eigenvalue weighted by molar-refractivity contribution is 6.03. The number of hydrogen-bond donors (Lipinski definition) is 1. The average molecular weight is 655 g/mol. The van der Waals surface area contributed by atoms with E-state index >= 15 is 0 Å². The van der Waals surface area contributed by atoms with Gasteiger partial charge in [0.05, 0.1) is 39.6 Å². The monoisotopic (exact) mass is 654 g/mol. The number of ether oxygens (including phenoxy) is 4. The van der Waals surface area contributed by atoms with Crippen LogP contribution in [-0.4, -0.2) is 112 Å². The van der Waals surface area contributed by atoms with Gasteiger partial charge in [-0.2, -0.15) is 0 Å². The van der Waals surface area contributed by atoms with E-state index in [0.717, 1.165) is 51.4 Å². The van der Waals surface area contributed by atoms with Gasteiger partial charge in [0.25, 0.3) is 0 Å². The van der Waals surface area contributed by atoms with Gasteiger partial charge in [-0.05, 0) is 26.2 Å². The Balaban J connectivity index is 1.79. The first-order valence-electron chi connectivity index (χ1n) is 17.1. The van der Waals surface area contributed by atoms with Crippen molar-refractivity contribution >= 4 is 34.9 Å². The Bertz CT molecular complexity index is 910. The van der Waals surface area contributed by atoms with Crippen molar-refractivity contribution in [2.24, 2.45) is 5.92 Å². The van der Waals surface area contributed by atoms with Gasteiger partial charge in [-0.3, -0.25) is 33.7 Å². The summed E-state index contributed by atoms with van der Waals surface area (Å²) in [6.07, 6.45) is 10.8. The first-order valence-corrected chi connectivity index (χ1v) is 17.1. The van der Waals surface area contributed by atoms with Crippen LogP contribution in [-0.2, 0) is 47.7 Å². The minimum absolute atomic E-state index is 0.0120. The number of hydrogen-bond acceptors (Lipinski definition) is 11. The van der Waals surface area contributed by atoms with Crippen molar-refractivity contribution in [2.75, 3.05) is 72.5 Å². The average Bonchev–Trinajstić information content (AvgIpc) is 3.26. The van der Waals surface area contributed by atoms with Crippen molar-refractivity contribution in [2.45, 2.75) is 104 Å². The van der Waals surface area contributed by atoms with Crippen molar-refractivity contribution in [3.8, 4) is 0 Å². The molecule has 0 aliphatic carbocycles. The summed E-state index contributed by atoms with van der Waals surface area (Å²) in [7, 11) is 0. The minimum atomic E-state index is -0.260. The summed E-state index contributed by atoms with van der Waals surface area (Å²) in [5, 5.41) is 3.10. The summed E-state index contributed by atoms with van der Waals surface area (Å²) >= 11 is 0. The summed E-state index contributed by atoms with van der Waals surface area (Å²) in [4.78, 5) is 71.6. The molecule has 264 valence electrons. The van der Waals surface area contributed by atoms with Crippen molar-refractivity contribution < 1.29 is 47.7 Å². The smallest absolute Gasteiger partial charge is 0.232 e. The Morgan fingerprint density at radius 3 is 1.80 bits per heavy atom. The molecule has 1 atom stereocenters. The lowest BCUT2D eigenvalue weighted by atomic mass is 10.0. The van der Waals surface area contributed by atoms with Crippen LogP contribution in [0.4, 0.5) is 0 Å².